The van der Waals surface area contributed by atoms with E-state index >= 15 is 0 Å². The first-order valence-electron chi connectivity index (χ1n) is 4.23. The maximum atomic E-state index is 9.94. The van der Waals surface area contributed by atoms with E-state index in [0.29, 0.717) is 18.7 Å². The molecule has 70 valence electrons. The Labute approximate surface area is 82.7 Å². The van der Waals surface area contributed by atoms with Crippen molar-refractivity contribution < 1.29 is 4.79 Å². The fourth-order valence-electron chi connectivity index (χ4n) is 0.909. The molecule has 1 rings (SSSR count). The van der Waals surface area contributed by atoms with Gasteiger partial charge in [-0.15, -0.1) is 0 Å². The monoisotopic (exact) mass is 186 g/mol. The lowest BCUT2D eigenvalue weighted by Gasteiger charge is -1.90. The molecule has 0 aliphatic carbocycles. The van der Waals surface area contributed by atoms with Gasteiger partial charge in [0.05, 0.1) is 5.69 Å². The van der Waals surface area contributed by atoms with E-state index in [1.807, 2.05) is 0 Å². The maximum Gasteiger partial charge on any atom is 0.240 e. The first-order chi connectivity index (χ1) is 6.86. The van der Waals surface area contributed by atoms with Gasteiger partial charge in [-0.2, -0.15) is 4.99 Å². The van der Waals surface area contributed by atoms with E-state index in [4.69, 9.17) is 5.73 Å². The van der Waals surface area contributed by atoms with Crippen LogP contribution in [0.1, 0.15) is 12.0 Å². The summed E-state index contributed by atoms with van der Waals surface area (Å²) in [5, 5.41) is 0. The van der Waals surface area contributed by atoms with Crippen LogP contribution in [0.2, 0.25) is 0 Å². The van der Waals surface area contributed by atoms with Crippen LogP contribution in [0.25, 0.3) is 0 Å². The van der Waals surface area contributed by atoms with Crippen molar-refractivity contribution in [1.29, 1.82) is 0 Å². The van der Waals surface area contributed by atoms with Crippen molar-refractivity contribution in [2.75, 3.05) is 6.54 Å². The molecular weight excluding hydrogens is 176 g/mol. The molecule has 1 aromatic rings. The fourth-order valence-corrected chi connectivity index (χ4v) is 0.909. The zero-order chi connectivity index (χ0) is 10.2. The number of hydrogen-bond donors (Lipinski definition) is 1. The smallest absolute Gasteiger partial charge is 0.240 e. The van der Waals surface area contributed by atoms with Gasteiger partial charge in [0.25, 0.3) is 0 Å². The SMILES string of the molecule is NCCC#Cc1ccc(N=C=O)cc1. The molecule has 0 unspecified atom stereocenters. The van der Waals surface area contributed by atoms with E-state index in [1.54, 1.807) is 24.3 Å². The van der Waals surface area contributed by atoms with Crippen LogP contribution in [0.4, 0.5) is 5.69 Å². The molecule has 2 N–H and O–H groups in total. The third-order valence-electron chi connectivity index (χ3n) is 1.54. The topological polar surface area (TPSA) is 55.4 Å². The van der Waals surface area contributed by atoms with Crippen LogP contribution in [0, 0.1) is 11.8 Å². The quantitative estimate of drug-likeness (QED) is 0.430. The molecule has 0 saturated carbocycles. The van der Waals surface area contributed by atoms with Crippen molar-refractivity contribution in [3.63, 3.8) is 0 Å². The molecule has 0 bridgehead atoms. The number of nitrogens with zero attached hydrogens (tertiary/aromatic N) is 1. The summed E-state index contributed by atoms with van der Waals surface area (Å²) in [4.78, 5) is 13.4. The number of hydrogen-bond acceptors (Lipinski definition) is 3. The van der Waals surface area contributed by atoms with Crippen LogP contribution in [-0.2, 0) is 4.79 Å². The van der Waals surface area contributed by atoms with Gasteiger partial charge in [-0.1, -0.05) is 11.8 Å². The fraction of sp³-hybridized carbons (Fsp3) is 0.182. The van der Waals surface area contributed by atoms with Crippen LogP contribution >= 0.6 is 0 Å². The standard InChI is InChI=1S/C11H10N2O/c12-8-2-1-3-10-4-6-11(7-5-10)13-9-14/h4-7H,2,8,12H2. The van der Waals surface area contributed by atoms with Gasteiger partial charge in [0.1, 0.15) is 0 Å². The molecule has 3 heteroatoms. The Morgan fingerprint density at radius 1 is 1.29 bits per heavy atom. The van der Waals surface area contributed by atoms with Crippen LogP contribution in [0.15, 0.2) is 29.3 Å². The van der Waals surface area contributed by atoms with Gasteiger partial charge >= 0.3 is 0 Å². The van der Waals surface area contributed by atoms with Gasteiger partial charge < -0.3 is 5.73 Å². The van der Waals surface area contributed by atoms with E-state index in [9.17, 15) is 4.79 Å². The van der Waals surface area contributed by atoms with Gasteiger partial charge in [0.2, 0.25) is 6.08 Å². The molecular formula is C11H10N2O. The summed E-state index contributed by atoms with van der Waals surface area (Å²) in [6, 6.07) is 7.05. The Morgan fingerprint density at radius 2 is 2.00 bits per heavy atom. The Balaban J connectivity index is 2.74. The minimum Gasteiger partial charge on any atom is -0.330 e. The molecule has 0 aliphatic rings. The maximum absolute atomic E-state index is 9.94. The number of benzene rings is 1. The van der Waals surface area contributed by atoms with Crippen molar-refractivity contribution >= 4 is 11.8 Å². The lowest BCUT2D eigenvalue weighted by atomic mass is 10.2. The lowest BCUT2D eigenvalue weighted by Crippen LogP contribution is -1.95. The highest BCUT2D eigenvalue weighted by molar-refractivity contribution is 5.51. The van der Waals surface area contributed by atoms with Gasteiger partial charge in [-0.25, -0.2) is 4.79 Å². The minimum absolute atomic E-state index is 0.570. The Hall–Kier alpha value is -1.88. The second kappa shape index (κ2) is 5.71. The summed E-state index contributed by atoms with van der Waals surface area (Å²) in [6.45, 7) is 0.570. The van der Waals surface area contributed by atoms with Gasteiger partial charge in [-0.3, -0.25) is 0 Å². The Kier molecular flexibility index (Phi) is 4.16. The van der Waals surface area contributed by atoms with E-state index in [-0.39, 0.29) is 0 Å². The minimum atomic E-state index is 0.570. The van der Waals surface area contributed by atoms with Crippen molar-refractivity contribution in [3.8, 4) is 11.8 Å². The number of isocyanates is 1. The third kappa shape index (κ3) is 3.24. The predicted molar refractivity (Wildman–Crippen MR) is 54.8 cm³/mol. The number of aliphatic imine (C=N–C) groups is 1. The first-order valence-corrected chi connectivity index (χ1v) is 4.23. The second-order valence-electron chi connectivity index (χ2n) is 2.59. The summed E-state index contributed by atoms with van der Waals surface area (Å²) in [5.74, 6) is 5.86. The molecule has 3 nitrogen and oxygen atoms in total. The molecule has 0 spiro atoms. The van der Waals surface area contributed by atoms with E-state index < -0.39 is 0 Å². The van der Waals surface area contributed by atoms with Crippen molar-refractivity contribution in [2.24, 2.45) is 10.7 Å². The zero-order valence-electron chi connectivity index (χ0n) is 7.66. The molecule has 0 heterocycles. The second-order valence-corrected chi connectivity index (χ2v) is 2.59. The summed E-state index contributed by atoms with van der Waals surface area (Å²) in [5.41, 5.74) is 6.78. The number of nitrogens with two attached hydrogens (primary N) is 1. The van der Waals surface area contributed by atoms with Crippen LogP contribution in [0.3, 0.4) is 0 Å². The summed E-state index contributed by atoms with van der Waals surface area (Å²) in [7, 11) is 0. The highest BCUT2D eigenvalue weighted by atomic mass is 16.1. The molecule has 0 saturated heterocycles. The van der Waals surface area contributed by atoms with E-state index in [1.165, 1.54) is 6.08 Å². The van der Waals surface area contributed by atoms with Crippen LogP contribution in [-0.4, -0.2) is 12.6 Å². The molecule has 0 amide bonds. The van der Waals surface area contributed by atoms with Crippen molar-refractivity contribution in [1.82, 2.24) is 0 Å². The predicted octanol–water partition coefficient (Wildman–Crippen LogP) is 1.35. The highest BCUT2D eigenvalue weighted by Crippen LogP contribution is 2.10. The molecule has 0 aromatic heterocycles. The highest BCUT2D eigenvalue weighted by Gasteiger charge is 1.88. The van der Waals surface area contributed by atoms with Crippen LogP contribution < -0.4 is 5.73 Å². The normalized spacial score (nSPS) is 8.36. The number of carbonyl (C=O) groups excluding carboxylic acids is 1. The lowest BCUT2D eigenvalue weighted by molar-refractivity contribution is 0.565. The molecule has 0 atom stereocenters. The number of rotatable bonds is 2. The molecule has 14 heavy (non-hydrogen) atoms. The van der Waals surface area contributed by atoms with E-state index in [0.717, 1.165) is 5.56 Å². The third-order valence-corrected chi connectivity index (χ3v) is 1.54. The molecule has 0 fully saturated rings. The molecule has 0 aliphatic heterocycles. The summed E-state index contributed by atoms with van der Waals surface area (Å²) < 4.78 is 0. The van der Waals surface area contributed by atoms with Crippen molar-refractivity contribution in [3.05, 3.63) is 29.8 Å². The summed E-state index contributed by atoms with van der Waals surface area (Å²) >= 11 is 0. The molecule has 0 radical (unpaired) electrons. The van der Waals surface area contributed by atoms with Gasteiger partial charge in [0, 0.05) is 18.5 Å². The molecule has 1 aromatic carbocycles. The summed E-state index contributed by atoms with van der Waals surface area (Å²) in [6.07, 6.45) is 2.17. The zero-order valence-corrected chi connectivity index (χ0v) is 7.66. The van der Waals surface area contributed by atoms with E-state index in [2.05, 4.69) is 16.8 Å². The Morgan fingerprint density at radius 3 is 2.57 bits per heavy atom. The average molecular weight is 186 g/mol. The van der Waals surface area contributed by atoms with Crippen LogP contribution in [0.5, 0.6) is 0 Å². The average Bonchev–Trinajstić information content (AvgIpc) is 2.21. The first kappa shape index (κ1) is 10.2. The van der Waals surface area contributed by atoms with Gasteiger partial charge in [-0.05, 0) is 24.3 Å². The Bertz CT molecular complexity index is 392. The van der Waals surface area contributed by atoms with Crippen molar-refractivity contribution in [2.45, 2.75) is 6.42 Å². The largest absolute Gasteiger partial charge is 0.330 e. The van der Waals surface area contributed by atoms with Gasteiger partial charge in [0.15, 0.2) is 0 Å².